The number of nitrogens with zero attached hydrogens (tertiary/aromatic N) is 2. The van der Waals surface area contributed by atoms with Crippen LogP contribution in [0.15, 0.2) is 47.4 Å². The Morgan fingerprint density at radius 2 is 2.00 bits per heavy atom. The lowest BCUT2D eigenvalue weighted by Crippen LogP contribution is -2.17. The average molecular weight is 405 g/mol. The number of anilines is 2. The molecule has 0 aliphatic heterocycles. The van der Waals surface area contributed by atoms with Crippen LogP contribution in [0.5, 0.6) is 0 Å². The van der Waals surface area contributed by atoms with Gasteiger partial charge in [-0.15, -0.1) is 0 Å². The van der Waals surface area contributed by atoms with E-state index < -0.39 is 0 Å². The molecule has 0 saturated heterocycles. The summed E-state index contributed by atoms with van der Waals surface area (Å²) in [6, 6.07) is 10.0. The van der Waals surface area contributed by atoms with Gasteiger partial charge in [-0.1, -0.05) is 30.1 Å². The van der Waals surface area contributed by atoms with Gasteiger partial charge in [-0.25, -0.2) is 4.98 Å². The number of hydrogen-bond donors (Lipinski definition) is 2. The number of hydrogen-bond acceptors (Lipinski definition) is 4. The van der Waals surface area contributed by atoms with E-state index in [4.69, 9.17) is 23.2 Å². The van der Waals surface area contributed by atoms with Crippen LogP contribution >= 0.6 is 23.2 Å². The molecule has 0 saturated carbocycles. The first-order chi connectivity index (χ1) is 13.0. The third-order valence-electron chi connectivity index (χ3n) is 3.86. The van der Waals surface area contributed by atoms with Gasteiger partial charge < -0.3 is 10.6 Å². The van der Waals surface area contributed by atoms with Crippen molar-refractivity contribution in [3.63, 3.8) is 0 Å². The zero-order chi connectivity index (χ0) is 19.4. The van der Waals surface area contributed by atoms with Gasteiger partial charge in [0.05, 0.1) is 28.0 Å². The summed E-state index contributed by atoms with van der Waals surface area (Å²) in [7, 11) is 0. The number of rotatable bonds is 6. The van der Waals surface area contributed by atoms with E-state index in [-0.39, 0.29) is 11.5 Å². The zero-order valence-electron chi connectivity index (χ0n) is 14.6. The molecule has 0 atom stereocenters. The number of carbonyl (C=O) groups is 1. The second-order valence-electron chi connectivity index (χ2n) is 6.01. The SMILES string of the molecule is CCCC(=O)Nc1ccc(Cl)c(NCc2cc(=O)n3cc(Cl)ccc3n2)c1. The molecule has 2 aromatic heterocycles. The maximum atomic E-state index is 12.2. The van der Waals surface area contributed by atoms with Crippen LogP contribution in [0.2, 0.25) is 10.0 Å². The van der Waals surface area contributed by atoms with E-state index >= 15 is 0 Å². The molecule has 1 aromatic carbocycles. The largest absolute Gasteiger partial charge is 0.378 e. The number of benzene rings is 1. The van der Waals surface area contributed by atoms with Crippen molar-refractivity contribution in [2.24, 2.45) is 0 Å². The van der Waals surface area contributed by atoms with Crippen molar-refractivity contribution in [2.75, 3.05) is 10.6 Å². The van der Waals surface area contributed by atoms with E-state index in [0.717, 1.165) is 6.42 Å². The lowest BCUT2D eigenvalue weighted by molar-refractivity contribution is -0.116. The number of aromatic nitrogens is 2. The van der Waals surface area contributed by atoms with Gasteiger partial charge in [-0.3, -0.25) is 14.0 Å². The standard InChI is InChI=1S/C19H18Cl2N4O2/c1-2-3-18(26)24-13-5-6-15(21)16(8-13)22-10-14-9-19(27)25-11-12(20)4-7-17(25)23-14/h4-9,11,22H,2-3,10H2,1H3,(H,24,26). The number of pyridine rings is 1. The fourth-order valence-corrected chi connectivity index (χ4v) is 2.94. The topological polar surface area (TPSA) is 75.5 Å². The van der Waals surface area contributed by atoms with Crippen molar-refractivity contribution >= 4 is 46.1 Å². The molecule has 1 amide bonds. The van der Waals surface area contributed by atoms with Gasteiger partial charge in [-0.2, -0.15) is 0 Å². The molecule has 0 spiro atoms. The summed E-state index contributed by atoms with van der Waals surface area (Å²) in [5, 5.41) is 6.96. The van der Waals surface area contributed by atoms with Gasteiger partial charge >= 0.3 is 0 Å². The molecule has 3 aromatic rings. The molecular formula is C19H18Cl2N4O2. The molecule has 6 nitrogen and oxygen atoms in total. The van der Waals surface area contributed by atoms with Crippen LogP contribution < -0.4 is 16.2 Å². The molecule has 8 heteroatoms. The van der Waals surface area contributed by atoms with Crippen molar-refractivity contribution in [3.05, 3.63) is 68.7 Å². The summed E-state index contributed by atoms with van der Waals surface area (Å²) in [5.41, 5.74) is 2.16. The molecular weight excluding hydrogens is 387 g/mol. The summed E-state index contributed by atoms with van der Waals surface area (Å²) < 4.78 is 1.39. The monoisotopic (exact) mass is 404 g/mol. The Hall–Kier alpha value is -2.57. The van der Waals surface area contributed by atoms with E-state index in [9.17, 15) is 9.59 Å². The maximum absolute atomic E-state index is 12.2. The number of halogens is 2. The van der Waals surface area contributed by atoms with Gasteiger partial charge in [0.2, 0.25) is 5.91 Å². The predicted molar refractivity (Wildman–Crippen MR) is 109 cm³/mol. The van der Waals surface area contributed by atoms with Gasteiger partial charge in [0.25, 0.3) is 5.56 Å². The van der Waals surface area contributed by atoms with Gasteiger partial charge in [0.15, 0.2) is 0 Å². The minimum absolute atomic E-state index is 0.0475. The molecule has 27 heavy (non-hydrogen) atoms. The normalized spacial score (nSPS) is 10.8. The molecule has 0 unspecified atom stereocenters. The summed E-state index contributed by atoms with van der Waals surface area (Å²) in [6.45, 7) is 2.25. The minimum atomic E-state index is -0.217. The molecule has 0 fully saturated rings. The van der Waals surface area contributed by atoms with E-state index in [1.165, 1.54) is 16.7 Å². The molecule has 0 aliphatic carbocycles. The lowest BCUT2D eigenvalue weighted by Gasteiger charge is -2.11. The quantitative estimate of drug-likeness (QED) is 0.639. The highest BCUT2D eigenvalue weighted by atomic mass is 35.5. The van der Waals surface area contributed by atoms with Crippen LogP contribution in [-0.2, 0) is 11.3 Å². The van der Waals surface area contributed by atoms with Crippen molar-refractivity contribution in [1.29, 1.82) is 0 Å². The Balaban J connectivity index is 1.78. The van der Waals surface area contributed by atoms with E-state index in [1.807, 2.05) is 6.92 Å². The van der Waals surface area contributed by atoms with Crippen LogP contribution in [0, 0.1) is 0 Å². The van der Waals surface area contributed by atoms with Crippen molar-refractivity contribution in [2.45, 2.75) is 26.3 Å². The van der Waals surface area contributed by atoms with Crippen molar-refractivity contribution in [1.82, 2.24) is 9.38 Å². The molecule has 0 aliphatic rings. The minimum Gasteiger partial charge on any atom is -0.378 e. The fourth-order valence-electron chi connectivity index (χ4n) is 2.59. The van der Waals surface area contributed by atoms with E-state index in [2.05, 4.69) is 15.6 Å². The molecule has 0 radical (unpaired) electrons. The molecule has 3 rings (SSSR count). The molecule has 140 valence electrons. The third-order valence-corrected chi connectivity index (χ3v) is 4.42. The first-order valence-corrected chi connectivity index (χ1v) is 9.23. The summed E-state index contributed by atoms with van der Waals surface area (Å²) in [6.07, 6.45) is 2.77. The van der Waals surface area contributed by atoms with Crippen LogP contribution in [0.1, 0.15) is 25.5 Å². The Bertz CT molecular complexity index is 1050. The Labute approximate surface area is 166 Å². The maximum Gasteiger partial charge on any atom is 0.258 e. The van der Waals surface area contributed by atoms with Gasteiger partial charge in [0, 0.05) is 24.4 Å². The van der Waals surface area contributed by atoms with Crippen molar-refractivity contribution < 1.29 is 4.79 Å². The van der Waals surface area contributed by atoms with Crippen LogP contribution in [-0.4, -0.2) is 15.3 Å². The van der Waals surface area contributed by atoms with E-state index in [1.54, 1.807) is 30.3 Å². The zero-order valence-corrected chi connectivity index (χ0v) is 16.1. The molecule has 0 bridgehead atoms. The Morgan fingerprint density at radius 1 is 1.19 bits per heavy atom. The van der Waals surface area contributed by atoms with Gasteiger partial charge in [-0.05, 0) is 36.8 Å². The van der Waals surface area contributed by atoms with E-state index in [0.29, 0.717) is 45.7 Å². The Morgan fingerprint density at radius 3 is 2.78 bits per heavy atom. The van der Waals surface area contributed by atoms with Gasteiger partial charge in [0.1, 0.15) is 5.65 Å². The summed E-state index contributed by atoms with van der Waals surface area (Å²) >= 11 is 12.1. The smallest absolute Gasteiger partial charge is 0.258 e. The van der Waals surface area contributed by atoms with Crippen LogP contribution in [0.4, 0.5) is 11.4 Å². The van der Waals surface area contributed by atoms with Crippen molar-refractivity contribution in [3.8, 4) is 0 Å². The fraction of sp³-hybridized carbons (Fsp3) is 0.211. The van der Waals surface area contributed by atoms with Crippen LogP contribution in [0.3, 0.4) is 0 Å². The highest BCUT2D eigenvalue weighted by molar-refractivity contribution is 6.33. The number of fused-ring (bicyclic) bond motifs is 1. The first kappa shape index (κ1) is 19.2. The number of nitrogens with one attached hydrogen (secondary N) is 2. The molecule has 2 N–H and O–H groups in total. The van der Waals surface area contributed by atoms with Crippen LogP contribution in [0.25, 0.3) is 5.65 Å². The summed E-state index contributed by atoms with van der Waals surface area (Å²) in [4.78, 5) is 28.4. The highest BCUT2D eigenvalue weighted by Crippen LogP contribution is 2.26. The second-order valence-corrected chi connectivity index (χ2v) is 6.85. The third kappa shape index (κ3) is 4.78. The predicted octanol–water partition coefficient (Wildman–Crippen LogP) is 4.35. The number of carbonyl (C=O) groups excluding carboxylic acids is 1. The average Bonchev–Trinajstić information content (AvgIpc) is 2.63. The number of amides is 1. The molecule has 2 heterocycles. The first-order valence-electron chi connectivity index (χ1n) is 8.47. The lowest BCUT2D eigenvalue weighted by atomic mass is 10.2. The Kier molecular flexibility index (Phi) is 5.98. The second kappa shape index (κ2) is 8.41. The summed E-state index contributed by atoms with van der Waals surface area (Å²) in [5.74, 6) is -0.0475. The highest BCUT2D eigenvalue weighted by Gasteiger charge is 2.07.